The molecule has 0 heterocycles. The van der Waals surface area contributed by atoms with Crippen molar-refractivity contribution in [3.05, 3.63) is 35.4 Å². The van der Waals surface area contributed by atoms with Crippen molar-refractivity contribution in [2.45, 2.75) is 103 Å². The van der Waals surface area contributed by atoms with Crippen LogP contribution in [0, 0.1) is 5.41 Å². The van der Waals surface area contributed by atoms with Crippen molar-refractivity contribution < 1.29 is 77.4 Å². The normalized spacial score (nSPS) is 11.9. The Kier molecular flexibility index (Phi) is 32.0. The van der Waals surface area contributed by atoms with E-state index in [4.69, 9.17) is 29.2 Å². The van der Waals surface area contributed by atoms with Crippen LogP contribution in [0.4, 0.5) is 4.79 Å². The van der Waals surface area contributed by atoms with Gasteiger partial charge in [0.15, 0.2) is 0 Å². The van der Waals surface area contributed by atoms with Crippen molar-refractivity contribution in [1.82, 2.24) is 37.2 Å². The summed E-state index contributed by atoms with van der Waals surface area (Å²) in [4.78, 5) is 107. The monoisotopic (exact) mass is 968 g/mol. The number of carboxylic acid groups (broad SMARTS) is 3. The molecule has 0 spiro atoms. The van der Waals surface area contributed by atoms with Crippen LogP contribution in [-0.4, -0.2) is 166 Å². The van der Waals surface area contributed by atoms with Gasteiger partial charge in [-0.3, -0.25) is 28.8 Å². The predicted octanol–water partition coefficient (Wildman–Crippen LogP) is 1.19. The van der Waals surface area contributed by atoms with E-state index in [1.165, 1.54) is 0 Å². The Hall–Kier alpha value is -5.91. The molecule has 7 amide bonds. The highest BCUT2D eigenvalue weighted by Crippen LogP contribution is 2.17. The van der Waals surface area contributed by atoms with Gasteiger partial charge in [0.05, 0.1) is 52.9 Å². The molecule has 0 aliphatic heterocycles. The third-order valence-corrected chi connectivity index (χ3v) is 9.46. The molecule has 10 N–H and O–H groups in total. The van der Waals surface area contributed by atoms with E-state index >= 15 is 0 Å². The first kappa shape index (κ1) is 60.1. The van der Waals surface area contributed by atoms with Crippen molar-refractivity contribution >= 4 is 53.5 Å². The Morgan fingerprint density at radius 3 is 1.29 bits per heavy atom. The summed E-state index contributed by atoms with van der Waals surface area (Å²) in [6.07, 6.45) is 3.25. The lowest BCUT2D eigenvalue weighted by Crippen LogP contribution is -2.51. The van der Waals surface area contributed by atoms with Crippen LogP contribution in [0.1, 0.15) is 112 Å². The lowest BCUT2D eigenvalue weighted by molar-refractivity contribution is -0.141. The van der Waals surface area contributed by atoms with Crippen LogP contribution < -0.4 is 37.2 Å². The van der Waals surface area contributed by atoms with Gasteiger partial charge in [0.25, 0.3) is 11.8 Å². The van der Waals surface area contributed by atoms with Crippen LogP contribution >= 0.6 is 0 Å². The fraction of sp³-hybridized carbons (Fsp3) is 0.667. The minimum absolute atomic E-state index is 0.00793. The highest BCUT2D eigenvalue weighted by Gasteiger charge is 2.25. The maximum atomic E-state index is 12.5. The van der Waals surface area contributed by atoms with Gasteiger partial charge in [0.2, 0.25) is 17.7 Å². The number of benzene rings is 1. The van der Waals surface area contributed by atoms with Crippen molar-refractivity contribution in [2.24, 2.45) is 5.41 Å². The number of carbonyl (C=O) groups excluding carboxylic acids is 6. The number of aliphatic carboxylic acids is 3. The van der Waals surface area contributed by atoms with Gasteiger partial charge in [-0.15, -0.1) is 0 Å². The number of carboxylic acids is 3. The van der Waals surface area contributed by atoms with Gasteiger partial charge in [0.1, 0.15) is 12.1 Å². The Morgan fingerprint density at radius 2 is 0.853 bits per heavy atom. The number of hydrogen-bond donors (Lipinski definition) is 10. The molecular formula is C45H73N7O16. The Bertz CT molecular complexity index is 1710. The molecule has 2 atom stereocenters. The zero-order valence-corrected chi connectivity index (χ0v) is 39.6. The maximum absolute atomic E-state index is 12.5. The topological polar surface area (TPSA) is 335 Å². The Morgan fingerprint density at radius 1 is 0.471 bits per heavy atom. The van der Waals surface area contributed by atoms with Crippen LogP contribution in [0.5, 0.6) is 0 Å². The summed E-state index contributed by atoms with van der Waals surface area (Å²) >= 11 is 0. The number of rotatable bonds is 39. The predicted molar refractivity (Wildman–Crippen MR) is 246 cm³/mol. The molecule has 0 aliphatic rings. The summed E-state index contributed by atoms with van der Waals surface area (Å²) in [5, 5.41) is 45.2. The number of nitrogens with one attached hydrogen (secondary N) is 7. The SMILES string of the molecule is CC(C)(C)CC(=O)NCCOCCOCCNC(=O)c1ccc(C(=O)NCCOCCOCCNC(=O)CCCCCCCNC(=O)CC[C@H](NC(=O)N[C@@H](CCC(=O)O)C(=O)O)C(=O)O)cc1. The molecule has 0 unspecified atom stereocenters. The lowest BCUT2D eigenvalue weighted by Gasteiger charge is -2.18. The van der Waals surface area contributed by atoms with E-state index < -0.39 is 54.8 Å². The average Bonchev–Trinajstić information content (AvgIpc) is 3.27. The number of unbranched alkanes of at least 4 members (excludes halogenated alkanes) is 4. The first-order valence-electron chi connectivity index (χ1n) is 22.9. The zero-order chi connectivity index (χ0) is 50.6. The quantitative estimate of drug-likeness (QED) is 0.0414. The van der Waals surface area contributed by atoms with Crippen LogP contribution in [-0.2, 0) is 47.7 Å². The summed E-state index contributed by atoms with van der Waals surface area (Å²) in [6.45, 7) is 10.3. The number of urea groups is 1. The second-order valence-electron chi connectivity index (χ2n) is 16.7. The van der Waals surface area contributed by atoms with Gasteiger partial charge in [-0.1, -0.05) is 40.0 Å². The Balaban J connectivity index is 2.01. The van der Waals surface area contributed by atoms with Gasteiger partial charge in [-0.25, -0.2) is 14.4 Å². The summed E-state index contributed by atoms with van der Waals surface area (Å²) < 4.78 is 21.9. The molecule has 1 rings (SSSR count). The molecule has 1 aromatic rings. The Labute approximate surface area is 397 Å². The maximum Gasteiger partial charge on any atom is 0.326 e. The van der Waals surface area contributed by atoms with Gasteiger partial charge >= 0.3 is 23.9 Å². The molecule has 0 aliphatic carbocycles. The van der Waals surface area contributed by atoms with Gasteiger partial charge in [0, 0.05) is 69.5 Å². The largest absolute Gasteiger partial charge is 0.481 e. The molecule has 384 valence electrons. The first-order chi connectivity index (χ1) is 32.4. The van der Waals surface area contributed by atoms with Gasteiger partial charge < -0.3 is 71.5 Å². The second-order valence-corrected chi connectivity index (χ2v) is 16.7. The molecule has 1 aromatic carbocycles. The second kappa shape index (κ2) is 36.2. The molecule has 68 heavy (non-hydrogen) atoms. The highest BCUT2D eigenvalue weighted by molar-refractivity contribution is 5.97. The van der Waals surface area contributed by atoms with Gasteiger partial charge in [-0.05, 0) is 55.4 Å². The number of hydrogen-bond acceptors (Lipinski definition) is 13. The standard InChI is InChI=1S/C45H73N7O16/c1-45(2,3)31-38(55)48-20-24-66-28-30-68-26-22-50-41(59)33-12-10-32(11-13-33)40(58)49-21-25-67-29-27-65-23-19-47-36(53)9-7-5-4-6-8-18-46-37(54)16-14-34(42(60)61)51-44(64)52-35(43(62)63)15-17-39(56)57/h10-13,34-35H,4-9,14-31H2,1-3H3,(H,46,54)(H,47,53)(H,48,55)(H,49,58)(H,50,59)(H,56,57)(H,60,61)(H,62,63)(H2,51,52,64)/t34-,35-/m0/s1. The van der Waals surface area contributed by atoms with Crippen molar-refractivity contribution in [1.29, 1.82) is 0 Å². The molecule has 23 nitrogen and oxygen atoms in total. The van der Waals surface area contributed by atoms with Crippen LogP contribution in [0.3, 0.4) is 0 Å². The van der Waals surface area contributed by atoms with E-state index in [9.17, 15) is 48.3 Å². The third-order valence-electron chi connectivity index (χ3n) is 9.46. The fourth-order valence-corrected chi connectivity index (χ4v) is 5.93. The molecule has 0 radical (unpaired) electrons. The third kappa shape index (κ3) is 32.7. The van der Waals surface area contributed by atoms with E-state index in [2.05, 4.69) is 31.9 Å². The van der Waals surface area contributed by atoms with E-state index in [1.54, 1.807) is 24.3 Å². The van der Waals surface area contributed by atoms with Crippen LogP contribution in [0.25, 0.3) is 0 Å². The molecule has 0 saturated heterocycles. The zero-order valence-electron chi connectivity index (χ0n) is 39.6. The van der Waals surface area contributed by atoms with E-state index in [0.29, 0.717) is 109 Å². The highest BCUT2D eigenvalue weighted by atomic mass is 16.5. The smallest absolute Gasteiger partial charge is 0.326 e. The minimum Gasteiger partial charge on any atom is -0.481 e. The van der Waals surface area contributed by atoms with Crippen molar-refractivity contribution in [2.75, 3.05) is 85.6 Å². The number of carbonyl (C=O) groups is 9. The fourth-order valence-electron chi connectivity index (χ4n) is 5.93. The molecular weight excluding hydrogens is 895 g/mol. The van der Waals surface area contributed by atoms with E-state index in [-0.39, 0.29) is 55.0 Å². The molecule has 0 aromatic heterocycles. The number of amides is 7. The van der Waals surface area contributed by atoms with E-state index in [0.717, 1.165) is 19.3 Å². The van der Waals surface area contributed by atoms with Crippen LogP contribution in [0.2, 0.25) is 0 Å². The summed E-state index contributed by atoms with van der Waals surface area (Å²) in [6, 6.07) is 2.14. The summed E-state index contributed by atoms with van der Waals surface area (Å²) in [5.41, 5.74) is 0.730. The molecule has 0 fully saturated rings. The minimum atomic E-state index is -1.53. The first-order valence-corrected chi connectivity index (χ1v) is 22.9. The number of ether oxygens (including phenoxy) is 4. The summed E-state index contributed by atoms with van der Waals surface area (Å²) in [7, 11) is 0. The molecule has 0 bridgehead atoms. The van der Waals surface area contributed by atoms with E-state index in [1.807, 2.05) is 26.1 Å². The van der Waals surface area contributed by atoms with Crippen molar-refractivity contribution in [3.8, 4) is 0 Å². The molecule has 0 saturated carbocycles. The lowest BCUT2D eigenvalue weighted by atomic mass is 9.92. The van der Waals surface area contributed by atoms with Crippen molar-refractivity contribution in [3.63, 3.8) is 0 Å². The van der Waals surface area contributed by atoms with Crippen LogP contribution in [0.15, 0.2) is 24.3 Å². The average molecular weight is 968 g/mol. The summed E-state index contributed by atoms with van der Waals surface area (Å²) in [5.74, 6) is -5.28. The molecule has 23 heteroatoms. The van der Waals surface area contributed by atoms with Gasteiger partial charge in [-0.2, -0.15) is 0 Å².